The van der Waals surface area contributed by atoms with Gasteiger partial charge in [0, 0.05) is 20.3 Å². The van der Waals surface area contributed by atoms with Crippen LogP contribution in [0.15, 0.2) is 36.4 Å². The molecule has 0 saturated heterocycles. The molecule has 1 aromatic rings. The van der Waals surface area contributed by atoms with Gasteiger partial charge in [-0.2, -0.15) is 0 Å². The number of rotatable bonds is 18. The van der Waals surface area contributed by atoms with Gasteiger partial charge in [-0.3, -0.25) is 0 Å². The highest BCUT2D eigenvalue weighted by Gasteiger charge is 2.31. The average Bonchev–Trinajstić information content (AvgIpc) is 2.83. The van der Waals surface area contributed by atoms with Gasteiger partial charge < -0.3 is 28.2 Å². The topological polar surface area (TPSA) is 63.2 Å². The summed E-state index contributed by atoms with van der Waals surface area (Å²) >= 11 is 0. The van der Waals surface area contributed by atoms with Crippen molar-refractivity contribution in [3.63, 3.8) is 0 Å². The van der Waals surface area contributed by atoms with Crippen molar-refractivity contribution >= 4 is 20.7 Å². The maximum atomic E-state index is 11.5. The summed E-state index contributed by atoms with van der Waals surface area (Å²) in [4.78, 5) is 11.5. The van der Waals surface area contributed by atoms with E-state index in [2.05, 4.69) is 26.8 Å². The van der Waals surface area contributed by atoms with Crippen LogP contribution in [0.5, 0.6) is 11.5 Å². The molecule has 0 fully saturated rings. The number of aldehydes is 1. The van der Waals surface area contributed by atoms with Gasteiger partial charge in [-0.25, -0.2) is 0 Å². The summed E-state index contributed by atoms with van der Waals surface area (Å²) in [6.45, 7) is 6.88. The fourth-order valence-electron chi connectivity index (χ4n) is 3.36. The van der Waals surface area contributed by atoms with Crippen LogP contribution in [0.3, 0.4) is 0 Å². The fraction of sp³-hybridized carbons (Fsp3) is 0.560. The first-order valence-electron chi connectivity index (χ1n) is 11.4. The zero-order valence-electron chi connectivity index (χ0n) is 20.3. The summed E-state index contributed by atoms with van der Waals surface area (Å²) in [5.41, 5.74) is 0.948. The number of ether oxygens (including phenoxy) is 4. The highest BCUT2D eigenvalue weighted by Crippen LogP contribution is 2.25. The predicted octanol–water partition coefficient (Wildman–Crippen LogP) is 5.98. The quantitative estimate of drug-likeness (QED) is 0.0875. The van der Waals surface area contributed by atoms with Gasteiger partial charge in [0.25, 0.3) is 0 Å². The van der Waals surface area contributed by atoms with Crippen molar-refractivity contribution in [2.24, 2.45) is 0 Å². The van der Waals surface area contributed by atoms with E-state index in [1.165, 1.54) is 0 Å². The van der Waals surface area contributed by atoms with Crippen LogP contribution in [0.4, 0.5) is 0 Å². The minimum atomic E-state index is -1.74. The number of unbranched alkanes of at least 4 members (excludes halogenated alkanes) is 1. The molecule has 0 saturated carbocycles. The highest BCUT2D eigenvalue weighted by atomic mass is 28.4. The molecule has 0 radical (unpaired) electrons. The van der Waals surface area contributed by atoms with Crippen LogP contribution in [0.1, 0.15) is 45.6 Å². The first kappa shape index (κ1) is 28.1. The SMILES string of the molecule is CC[Si](CC)(CC)O[C@H](C=O)CCC/C=C/C=C/c1cc(OCOC)cc(OCOC)c1. The van der Waals surface area contributed by atoms with Crippen LogP contribution < -0.4 is 9.47 Å². The number of hydrogen-bond donors (Lipinski definition) is 0. The Kier molecular flexibility index (Phi) is 14.6. The molecular weight excluding hydrogens is 424 g/mol. The molecule has 0 heterocycles. The zero-order valence-corrected chi connectivity index (χ0v) is 21.3. The van der Waals surface area contributed by atoms with Gasteiger partial charge in [-0.15, -0.1) is 0 Å². The Balaban J connectivity index is 2.57. The lowest BCUT2D eigenvalue weighted by atomic mass is 10.1. The molecule has 1 aromatic carbocycles. The summed E-state index contributed by atoms with van der Waals surface area (Å²) in [7, 11) is 1.42. The van der Waals surface area contributed by atoms with E-state index in [0.717, 1.165) is 49.2 Å². The standard InChI is InChI=1S/C25H40O6Si/c1-6-32(7-2,8-3)31-23(19-26)15-13-11-9-10-12-14-22-16-24(29-20-27-4)18-25(17-22)30-21-28-5/h9-10,12,14,16-19,23H,6-8,11,13,15,20-21H2,1-5H3/b10-9+,14-12+/t23-/m0/s1. The number of allylic oxidation sites excluding steroid dienone is 3. The first-order chi connectivity index (χ1) is 15.6. The number of hydrogen-bond acceptors (Lipinski definition) is 6. The lowest BCUT2D eigenvalue weighted by Gasteiger charge is -2.31. The van der Waals surface area contributed by atoms with Crippen LogP contribution >= 0.6 is 0 Å². The summed E-state index contributed by atoms with van der Waals surface area (Å²) in [5, 5.41) is 0. The van der Waals surface area contributed by atoms with Crippen molar-refractivity contribution in [2.45, 2.75) is 64.3 Å². The molecule has 32 heavy (non-hydrogen) atoms. The van der Waals surface area contributed by atoms with Crippen molar-refractivity contribution in [1.82, 2.24) is 0 Å². The molecule has 0 amide bonds. The van der Waals surface area contributed by atoms with E-state index in [1.807, 2.05) is 30.4 Å². The normalized spacial score (nSPS) is 13.0. The Bertz CT molecular complexity index is 665. The summed E-state index contributed by atoms with van der Waals surface area (Å²) in [6, 6.07) is 8.81. The second kappa shape index (κ2) is 16.7. The molecule has 0 unspecified atom stereocenters. The van der Waals surface area contributed by atoms with Gasteiger partial charge in [0.15, 0.2) is 21.9 Å². The molecule has 0 N–H and O–H groups in total. The van der Waals surface area contributed by atoms with Crippen molar-refractivity contribution in [3.8, 4) is 11.5 Å². The maximum Gasteiger partial charge on any atom is 0.193 e. The van der Waals surface area contributed by atoms with Gasteiger partial charge in [0.2, 0.25) is 0 Å². The third kappa shape index (κ3) is 10.6. The minimum absolute atomic E-state index is 0.167. The lowest BCUT2D eigenvalue weighted by molar-refractivity contribution is -0.114. The Hall–Kier alpha value is -1.93. The highest BCUT2D eigenvalue weighted by molar-refractivity contribution is 6.73. The molecule has 7 heteroatoms. The number of carbonyl (C=O) groups is 1. The van der Waals surface area contributed by atoms with Gasteiger partial charge in [0.05, 0.1) is 0 Å². The molecule has 0 aliphatic rings. The predicted molar refractivity (Wildman–Crippen MR) is 132 cm³/mol. The summed E-state index contributed by atoms with van der Waals surface area (Å²) in [5.74, 6) is 1.32. The van der Waals surface area contributed by atoms with Crippen LogP contribution in [0.25, 0.3) is 6.08 Å². The van der Waals surface area contributed by atoms with Crippen molar-refractivity contribution < 1.29 is 28.2 Å². The van der Waals surface area contributed by atoms with Crippen molar-refractivity contribution in [1.29, 1.82) is 0 Å². The van der Waals surface area contributed by atoms with E-state index in [9.17, 15) is 4.79 Å². The maximum absolute atomic E-state index is 11.5. The Morgan fingerprint density at radius 2 is 1.50 bits per heavy atom. The number of benzene rings is 1. The van der Waals surface area contributed by atoms with Crippen LogP contribution in [0, 0.1) is 0 Å². The molecule has 0 bridgehead atoms. The summed E-state index contributed by atoms with van der Waals surface area (Å²) in [6.07, 6.45) is 11.4. The van der Waals surface area contributed by atoms with Crippen LogP contribution in [0.2, 0.25) is 18.1 Å². The zero-order chi connectivity index (χ0) is 23.7. The molecule has 0 aromatic heterocycles. The second-order valence-electron chi connectivity index (χ2n) is 7.59. The molecular formula is C25H40O6Si. The minimum Gasteiger partial charge on any atom is -0.467 e. The third-order valence-electron chi connectivity index (χ3n) is 5.47. The smallest absolute Gasteiger partial charge is 0.193 e. The molecule has 6 nitrogen and oxygen atoms in total. The largest absolute Gasteiger partial charge is 0.467 e. The van der Waals surface area contributed by atoms with E-state index in [1.54, 1.807) is 20.3 Å². The van der Waals surface area contributed by atoms with Crippen molar-refractivity contribution in [2.75, 3.05) is 27.8 Å². The van der Waals surface area contributed by atoms with E-state index < -0.39 is 8.32 Å². The van der Waals surface area contributed by atoms with Crippen LogP contribution in [-0.2, 0) is 18.7 Å². The van der Waals surface area contributed by atoms with E-state index >= 15 is 0 Å². The number of carbonyl (C=O) groups excluding carboxylic acids is 1. The van der Waals surface area contributed by atoms with E-state index in [4.69, 9.17) is 23.4 Å². The lowest BCUT2D eigenvalue weighted by Crippen LogP contribution is -2.40. The summed E-state index contributed by atoms with van der Waals surface area (Å²) < 4.78 is 27.3. The average molecular weight is 465 g/mol. The molecule has 0 aliphatic carbocycles. The van der Waals surface area contributed by atoms with Gasteiger partial charge in [-0.05, 0) is 55.1 Å². The molecule has 1 atom stereocenters. The number of methoxy groups -OCH3 is 2. The first-order valence-corrected chi connectivity index (χ1v) is 13.9. The molecule has 1 rings (SSSR count). The monoisotopic (exact) mass is 464 g/mol. The molecule has 180 valence electrons. The Morgan fingerprint density at radius 3 is 2.00 bits per heavy atom. The third-order valence-corrected chi connectivity index (χ3v) is 10.1. The Labute approximate surface area is 194 Å². The van der Waals surface area contributed by atoms with Gasteiger partial charge in [-0.1, -0.05) is 45.1 Å². The van der Waals surface area contributed by atoms with E-state index in [0.29, 0.717) is 11.5 Å². The van der Waals surface area contributed by atoms with Crippen LogP contribution in [-0.4, -0.2) is 48.5 Å². The van der Waals surface area contributed by atoms with Gasteiger partial charge in [0.1, 0.15) is 23.9 Å². The van der Waals surface area contributed by atoms with E-state index in [-0.39, 0.29) is 19.7 Å². The second-order valence-corrected chi connectivity index (χ2v) is 12.3. The molecule has 0 spiro atoms. The van der Waals surface area contributed by atoms with Crippen molar-refractivity contribution in [3.05, 3.63) is 42.0 Å². The van der Waals surface area contributed by atoms with Gasteiger partial charge >= 0.3 is 0 Å². The fourth-order valence-corrected chi connectivity index (χ4v) is 6.18. The molecule has 0 aliphatic heterocycles. The Morgan fingerprint density at radius 1 is 0.906 bits per heavy atom.